The van der Waals surface area contributed by atoms with Crippen LogP contribution < -0.4 is 10.2 Å². The van der Waals surface area contributed by atoms with Gasteiger partial charge in [-0.05, 0) is 12.1 Å². The van der Waals surface area contributed by atoms with Gasteiger partial charge in [-0.3, -0.25) is 9.59 Å². The van der Waals surface area contributed by atoms with Crippen molar-refractivity contribution in [2.75, 3.05) is 22.5 Å². The first kappa shape index (κ1) is 18.2. The Bertz CT molecular complexity index is 893. The fraction of sp³-hybridized carbons (Fsp3) is 0.125. The Labute approximate surface area is 148 Å². The van der Waals surface area contributed by atoms with Crippen molar-refractivity contribution in [2.45, 2.75) is 4.90 Å². The minimum atomic E-state index is -2.27. The molecule has 0 spiro atoms. The second-order valence-electron chi connectivity index (χ2n) is 5.23. The van der Waals surface area contributed by atoms with Crippen LogP contribution in [-0.2, 0) is 9.59 Å². The van der Waals surface area contributed by atoms with Gasteiger partial charge in [0.2, 0.25) is 17.6 Å². The molecule has 0 radical (unpaired) electrons. The standard InChI is InChI=1S/C16H9F5N2O2S/c17-11-12(18)14(20)16(15(21)13(11)19)26-6-10(25)23-5-9(24)22-7-3-1-2-4-8(7)23/h1-4H,5-6H2,(H,22,24). The topological polar surface area (TPSA) is 49.4 Å². The third-order valence-corrected chi connectivity index (χ3v) is 4.62. The number of hydrogen-bond acceptors (Lipinski definition) is 3. The average molecular weight is 388 g/mol. The van der Waals surface area contributed by atoms with Crippen molar-refractivity contribution in [3.63, 3.8) is 0 Å². The molecule has 1 N–H and O–H groups in total. The van der Waals surface area contributed by atoms with Crippen LogP contribution in [0.2, 0.25) is 0 Å². The van der Waals surface area contributed by atoms with Gasteiger partial charge in [-0.15, -0.1) is 11.8 Å². The van der Waals surface area contributed by atoms with E-state index in [0.717, 1.165) is 4.90 Å². The van der Waals surface area contributed by atoms with Crippen LogP contribution in [-0.4, -0.2) is 24.1 Å². The predicted octanol–water partition coefficient (Wildman–Crippen LogP) is 3.46. The molecule has 4 nitrogen and oxygen atoms in total. The van der Waals surface area contributed by atoms with E-state index in [1.165, 1.54) is 0 Å². The molecule has 2 aromatic rings. The molecule has 1 aliphatic rings. The van der Waals surface area contributed by atoms with Crippen molar-refractivity contribution in [2.24, 2.45) is 0 Å². The highest BCUT2D eigenvalue weighted by Crippen LogP contribution is 2.33. The SMILES string of the molecule is O=C1CN(C(=O)CSc2c(F)c(F)c(F)c(F)c2F)c2ccccc2N1. The number of fused-ring (bicyclic) bond motifs is 1. The van der Waals surface area contributed by atoms with Gasteiger partial charge < -0.3 is 10.2 Å². The normalized spacial score (nSPS) is 13.4. The molecule has 0 atom stereocenters. The summed E-state index contributed by atoms with van der Waals surface area (Å²) in [7, 11) is 0. The Morgan fingerprint density at radius 1 is 1.00 bits per heavy atom. The Hall–Kier alpha value is -2.62. The third kappa shape index (κ3) is 3.12. The lowest BCUT2D eigenvalue weighted by Gasteiger charge is -2.29. The first-order valence-corrected chi connectivity index (χ1v) is 8.13. The van der Waals surface area contributed by atoms with E-state index in [1.54, 1.807) is 24.3 Å². The number of rotatable bonds is 3. The fourth-order valence-electron chi connectivity index (χ4n) is 2.38. The summed E-state index contributed by atoms with van der Waals surface area (Å²) in [5, 5.41) is 2.56. The number of thioether (sulfide) groups is 1. The van der Waals surface area contributed by atoms with Gasteiger partial charge in [0.15, 0.2) is 23.3 Å². The highest BCUT2D eigenvalue weighted by atomic mass is 32.2. The maximum absolute atomic E-state index is 13.7. The predicted molar refractivity (Wildman–Crippen MR) is 84.4 cm³/mol. The Morgan fingerprint density at radius 2 is 1.58 bits per heavy atom. The molecule has 136 valence electrons. The van der Waals surface area contributed by atoms with Gasteiger partial charge in [0.1, 0.15) is 6.54 Å². The maximum Gasteiger partial charge on any atom is 0.244 e. The summed E-state index contributed by atoms with van der Waals surface area (Å²) in [6.45, 7) is -0.326. The van der Waals surface area contributed by atoms with Crippen molar-refractivity contribution in [3.05, 3.63) is 53.4 Å². The summed E-state index contributed by atoms with van der Waals surface area (Å²) in [6, 6.07) is 6.37. The molecule has 1 aliphatic heterocycles. The van der Waals surface area contributed by atoms with Gasteiger partial charge >= 0.3 is 0 Å². The summed E-state index contributed by atoms with van der Waals surface area (Å²) in [6.07, 6.45) is 0. The summed E-state index contributed by atoms with van der Waals surface area (Å²) in [5.74, 6) is -12.3. The number of carbonyl (C=O) groups excluding carboxylic acids is 2. The minimum absolute atomic E-state index is 0.169. The quantitative estimate of drug-likeness (QED) is 0.379. The highest BCUT2D eigenvalue weighted by Gasteiger charge is 2.29. The second-order valence-corrected chi connectivity index (χ2v) is 6.22. The van der Waals surface area contributed by atoms with Gasteiger partial charge in [0.25, 0.3) is 0 Å². The van der Waals surface area contributed by atoms with E-state index >= 15 is 0 Å². The molecule has 0 fully saturated rings. The number of nitrogens with one attached hydrogen (secondary N) is 1. The number of anilines is 2. The van der Waals surface area contributed by atoms with Gasteiger partial charge in [0.05, 0.1) is 22.0 Å². The smallest absolute Gasteiger partial charge is 0.244 e. The molecule has 0 aliphatic carbocycles. The van der Waals surface area contributed by atoms with E-state index in [4.69, 9.17) is 0 Å². The number of carbonyl (C=O) groups is 2. The van der Waals surface area contributed by atoms with E-state index in [2.05, 4.69) is 5.32 Å². The fourth-order valence-corrected chi connectivity index (χ4v) is 3.24. The summed E-state index contributed by atoms with van der Waals surface area (Å²) in [5.41, 5.74) is 0.744. The third-order valence-electron chi connectivity index (χ3n) is 3.58. The lowest BCUT2D eigenvalue weighted by Crippen LogP contribution is -2.43. The number of para-hydroxylation sites is 2. The number of hydrogen-bond donors (Lipinski definition) is 1. The van der Waals surface area contributed by atoms with Gasteiger partial charge in [-0.2, -0.15) is 0 Å². The van der Waals surface area contributed by atoms with Crippen molar-refractivity contribution < 1.29 is 31.5 Å². The van der Waals surface area contributed by atoms with Crippen molar-refractivity contribution in [1.82, 2.24) is 0 Å². The molecule has 26 heavy (non-hydrogen) atoms. The molecule has 10 heteroatoms. The lowest BCUT2D eigenvalue weighted by molar-refractivity contribution is -0.120. The molecule has 0 unspecified atom stereocenters. The summed E-state index contributed by atoms with van der Waals surface area (Å²) < 4.78 is 66.8. The van der Waals surface area contributed by atoms with E-state index in [9.17, 15) is 31.5 Å². The number of nitrogens with zero attached hydrogens (tertiary/aromatic N) is 1. The van der Waals surface area contributed by atoms with Crippen LogP contribution in [0.25, 0.3) is 0 Å². The molecule has 3 rings (SSSR count). The molecule has 0 saturated heterocycles. The molecule has 2 amide bonds. The van der Waals surface area contributed by atoms with Gasteiger partial charge in [0, 0.05) is 0 Å². The Balaban J connectivity index is 1.84. The zero-order valence-electron chi connectivity index (χ0n) is 12.8. The van der Waals surface area contributed by atoms with Crippen LogP contribution in [0, 0.1) is 29.1 Å². The zero-order valence-corrected chi connectivity index (χ0v) is 13.6. The molecule has 0 bridgehead atoms. The van der Waals surface area contributed by atoms with Gasteiger partial charge in [-0.1, -0.05) is 12.1 Å². The minimum Gasteiger partial charge on any atom is -0.323 e. The molecular formula is C16H9F5N2O2S. The average Bonchev–Trinajstić information content (AvgIpc) is 2.63. The van der Waals surface area contributed by atoms with Crippen LogP contribution >= 0.6 is 11.8 Å². The van der Waals surface area contributed by atoms with Crippen molar-refractivity contribution >= 4 is 35.0 Å². The van der Waals surface area contributed by atoms with Crippen LogP contribution in [0.5, 0.6) is 0 Å². The van der Waals surface area contributed by atoms with Crippen LogP contribution in [0.4, 0.5) is 33.3 Å². The van der Waals surface area contributed by atoms with Crippen molar-refractivity contribution in [1.29, 1.82) is 0 Å². The number of halogens is 5. The largest absolute Gasteiger partial charge is 0.323 e. The van der Waals surface area contributed by atoms with Crippen LogP contribution in [0.1, 0.15) is 0 Å². The maximum atomic E-state index is 13.7. The summed E-state index contributed by atoms with van der Waals surface area (Å²) in [4.78, 5) is 24.0. The van der Waals surface area contributed by atoms with E-state index in [-0.39, 0.29) is 18.3 Å². The lowest BCUT2D eigenvalue weighted by atomic mass is 10.2. The Morgan fingerprint density at radius 3 is 2.23 bits per heavy atom. The molecule has 2 aromatic carbocycles. The van der Waals surface area contributed by atoms with E-state index in [0.29, 0.717) is 11.4 Å². The highest BCUT2D eigenvalue weighted by molar-refractivity contribution is 8.00. The zero-order chi connectivity index (χ0) is 19.0. The summed E-state index contributed by atoms with van der Waals surface area (Å²) >= 11 is 0.169. The number of benzene rings is 2. The van der Waals surface area contributed by atoms with Gasteiger partial charge in [-0.25, -0.2) is 22.0 Å². The van der Waals surface area contributed by atoms with E-state index < -0.39 is 51.5 Å². The Kier molecular flexibility index (Phi) is 4.86. The molecular weight excluding hydrogens is 379 g/mol. The van der Waals surface area contributed by atoms with Crippen LogP contribution in [0.15, 0.2) is 29.2 Å². The monoisotopic (exact) mass is 388 g/mol. The molecule has 0 aromatic heterocycles. The molecule has 1 heterocycles. The first-order chi connectivity index (χ1) is 12.3. The first-order valence-electron chi connectivity index (χ1n) is 7.14. The second kappa shape index (κ2) is 6.94. The van der Waals surface area contributed by atoms with Crippen molar-refractivity contribution in [3.8, 4) is 0 Å². The molecule has 0 saturated carbocycles. The van der Waals surface area contributed by atoms with Crippen LogP contribution in [0.3, 0.4) is 0 Å². The number of amides is 2. The van der Waals surface area contributed by atoms with E-state index in [1.807, 2.05) is 0 Å².